The number of aromatic nitrogens is 2. The molecule has 1 heterocycles. The zero-order chi connectivity index (χ0) is 34.3. The Morgan fingerprint density at radius 1 is 1.09 bits per heavy atom. The Morgan fingerprint density at radius 3 is 2.37 bits per heavy atom. The van der Waals surface area contributed by atoms with Crippen molar-refractivity contribution in [2.75, 3.05) is 24.2 Å². The molecule has 3 atom stereocenters. The average molecular weight is 639 g/mol. The number of Topliss-reactive ketones (excluding diaryl/α,β-unsaturated/α-hetero) is 1. The summed E-state index contributed by atoms with van der Waals surface area (Å²) >= 11 is 0. The summed E-state index contributed by atoms with van der Waals surface area (Å²) in [5.74, 6) is -7.50. The number of nitrogen functional groups attached to an aromatic ring is 1. The molecule has 16 heteroatoms. The van der Waals surface area contributed by atoms with Gasteiger partial charge in [0.05, 0.1) is 29.1 Å². The Labute approximate surface area is 260 Å². The molecule has 1 unspecified atom stereocenters. The number of likely N-dealkylation sites (N-methyl/N-ethyl adjacent to an activating group) is 1. The molecule has 242 valence electrons. The van der Waals surface area contributed by atoms with Gasteiger partial charge in [0, 0.05) is 25.7 Å². The quantitative estimate of drug-likeness (QED) is 0.0990. The summed E-state index contributed by atoms with van der Waals surface area (Å²) in [4.78, 5) is 81.6. The number of aliphatic carboxylic acids is 3. The number of fused-ring (bicyclic) bond motifs is 1. The third-order valence-electron chi connectivity index (χ3n) is 7.20. The lowest BCUT2D eigenvalue weighted by Gasteiger charge is -2.28. The summed E-state index contributed by atoms with van der Waals surface area (Å²) in [6, 6.07) is 4.94. The van der Waals surface area contributed by atoms with E-state index in [-0.39, 0.29) is 36.5 Å². The molecule has 0 aliphatic carbocycles. The maximum absolute atomic E-state index is 15.4. The molecule has 1 amide bonds. The van der Waals surface area contributed by atoms with Crippen LogP contribution in [0, 0.1) is 24.1 Å². The first-order valence-corrected chi connectivity index (χ1v) is 13.6. The summed E-state index contributed by atoms with van der Waals surface area (Å²) in [6.07, 6.45) is 3.71. The van der Waals surface area contributed by atoms with Crippen molar-refractivity contribution >= 4 is 52.1 Å². The first-order chi connectivity index (χ1) is 21.6. The van der Waals surface area contributed by atoms with Gasteiger partial charge in [-0.05, 0) is 48.7 Å². The van der Waals surface area contributed by atoms with Crippen molar-refractivity contribution in [3.05, 3.63) is 63.7 Å². The first kappa shape index (κ1) is 34.7. The Morgan fingerprint density at radius 2 is 1.78 bits per heavy atom. The molecule has 1 aromatic heterocycles. The number of hydrogen-bond donors (Lipinski definition) is 6. The highest BCUT2D eigenvalue weighted by Gasteiger charge is 2.38. The van der Waals surface area contributed by atoms with Crippen LogP contribution >= 0.6 is 0 Å². The third kappa shape index (κ3) is 8.21. The van der Waals surface area contributed by atoms with Crippen molar-refractivity contribution in [2.45, 2.75) is 37.9 Å². The molecule has 8 N–H and O–H groups in total. The smallest absolute Gasteiger partial charge is 0.326 e. The van der Waals surface area contributed by atoms with Gasteiger partial charge in [-0.15, -0.1) is 6.42 Å². The number of halogens is 1. The Bertz CT molecular complexity index is 1790. The van der Waals surface area contributed by atoms with Crippen molar-refractivity contribution in [2.24, 2.45) is 11.7 Å². The standard InChI is InChI=1S/C30H31FN6O9/c1-3-10-37(14-15-4-8-22-18(11-15)26(41)35-30(33)34-22)16-5-6-17(20(31)12-16)27(42)36(2)23(29(45)46)13-19(28(43)44)25(40)21(32)7-9-24(38)39/h1,4-6,8,11-12,19,21,23H,7,9-10,13-14,32H2,2H3,(H,38,39)(H,43,44)(H,45,46)(H3,33,34,35,41)/t19?,21-,23-/m0/s1. The Hall–Kier alpha value is -5.82. The Kier molecular flexibility index (Phi) is 11.1. The van der Waals surface area contributed by atoms with Gasteiger partial charge in [-0.25, -0.2) is 14.2 Å². The zero-order valence-corrected chi connectivity index (χ0v) is 24.5. The summed E-state index contributed by atoms with van der Waals surface area (Å²) in [5, 5.41) is 28.5. The van der Waals surface area contributed by atoms with Gasteiger partial charge in [-0.1, -0.05) is 12.0 Å². The number of carbonyl (C=O) groups excluding carboxylic acids is 2. The summed E-state index contributed by atoms with van der Waals surface area (Å²) < 4.78 is 15.4. The predicted molar refractivity (Wildman–Crippen MR) is 162 cm³/mol. The van der Waals surface area contributed by atoms with Crippen LogP contribution in [0.5, 0.6) is 0 Å². The zero-order valence-electron chi connectivity index (χ0n) is 24.5. The molecule has 3 aromatic rings. The monoisotopic (exact) mass is 638 g/mol. The molecule has 0 saturated heterocycles. The highest BCUT2D eigenvalue weighted by molar-refractivity contribution is 6.02. The number of nitrogens with two attached hydrogens (primary N) is 2. The third-order valence-corrected chi connectivity index (χ3v) is 7.20. The molecule has 2 aromatic carbocycles. The van der Waals surface area contributed by atoms with E-state index in [1.807, 2.05) is 0 Å². The fourth-order valence-electron chi connectivity index (χ4n) is 4.74. The van der Waals surface area contributed by atoms with Crippen LogP contribution in [0.15, 0.2) is 41.2 Å². The van der Waals surface area contributed by atoms with Gasteiger partial charge >= 0.3 is 17.9 Å². The van der Waals surface area contributed by atoms with Crippen LogP contribution in [-0.4, -0.2) is 85.5 Å². The SMILES string of the molecule is C#CCN(Cc1ccc2nc(N)[nH]c(=O)c2c1)c1ccc(C(=O)N(C)[C@@H](CC(C(=O)O)C(=O)[C@@H](N)CCC(=O)O)C(=O)O)c(F)c1. The largest absolute Gasteiger partial charge is 0.481 e. The van der Waals surface area contributed by atoms with Gasteiger partial charge < -0.3 is 36.6 Å². The number of carboxylic acid groups (broad SMARTS) is 3. The number of H-pyrrole nitrogens is 1. The molecule has 0 spiro atoms. The molecule has 0 aliphatic rings. The van der Waals surface area contributed by atoms with Crippen molar-refractivity contribution < 1.29 is 43.7 Å². The number of benzene rings is 2. The molecular formula is C30H31FN6O9. The number of ketones is 1. The van der Waals surface area contributed by atoms with Crippen LogP contribution in [0.4, 0.5) is 16.0 Å². The molecular weight excluding hydrogens is 607 g/mol. The summed E-state index contributed by atoms with van der Waals surface area (Å²) in [7, 11) is 1.01. The van der Waals surface area contributed by atoms with E-state index in [0.29, 0.717) is 16.0 Å². The number of hydrogen-bond acceptors (Lipinski definition) is 10. The van der Waals surface area contributed by atoms with Crippen LogP contribution in [0.1, 0.15) is 35.2 Å². The minimum atomic E-state index is -1.98. The second-order valence-electron chi connectivity index (χ2n) is 10.4. The van der Waals surface area contributed by atoms with E-state index < -0.39 is 77.4 Å². The molecule has 0 aliphatic heterocycles. The number of amides is 1. The van der Waals surface area contributed by atoms with Crippen molar-refractivity contribution in [3.63, 3.8) is 0 Å². The van der Waals surface area contributed by atoms with E-state index in [0.717, 1.165) is 19.2 Å². The van der Waals surface area contributed by atoms with Crippen LogP contribution < -0.4 is 21.9 Å². The topological polar surface area (TPSA) is 250 Å². The van der Waals surface area contributed by atoms with E-state index in [4.69, 9.17) is 23.0 Å². The van der Waals surface area contributed by atoms with Gasteiger partial charge in [0.15, 0.2) is 5.78 Å². The molecule has 0 bridgehead atoms. The van der Waals surface area contributed by atoms with E-state index in [1.165, 1.54) is 6.07 Å². The van der Waals surface area contributed by atoms with Crippen molar-refractivity contribution in [1.82, 2.24) is 14.9 Å². The van der Waals surface area contributed by atoms with E-state index >= 15 is 4.39 Å². The number of carboxylic acids is 3. The molecule has 0 saturated carbocycles. The average Bonchev–Trinajstić information content (AvgIpc) is 2.98. The first-order valence-electron chi connectivity index (χ1n) is 13.6. The second-order valence-corrected chi connectivity index (χ2v) is 10.4. The van der Waals surface area contributed by atoms with E-state index in [9.17, 15) is 39.0 Å². The molecule has 46 heavy (non-hydrogen) atoms. The van der Waals surface area contributed by atoms with Gasteiger partial charge in [0.2, 0.25) is 5.95 Å². The minimum Gasteiger partial charge on any atom is -0.481 e. The van der Waals surface area contributed by atoms with Gasteiger partial charge in [0.25, 0.3) is 11.5 Å². The molecule has 3 rings (SSSR count). The van der Waals surface area contributed by atoms with Crippen LogP contribution in [0.2, 0.25) is 0 Å². The normalized spacial score (nSPS) is 12.8. The van der Waals surface area contributed by atoms with Crippen LogP contribution in [0.25, 0.3) is 10.9 Å². The maximum atomic E-state index is 15.4. The fraction of sp³-hybridized carbons (Fsp3) is 0.300. The lowest BCUT2D eigenvalue weighted by molar-refractivity contribution is -0.149. The number of aromatic amines is 1. The van der Waals surface area contributed by atoms with Gasteiger partial charge in [-0.3, -0.25) is 29.0 Å². The van der Waals surface area contributed by atoms with Crippen molar-refractivity contribution in [1.29, 1.82) is 0 Å². The number of nitrogens with one attached hydrogen (secondary N) is 1. The number of rotatable bonds is 15. The van der Waals surface area contributed by atoms with Gasteiger partial charge in [-0.2, -0.15) is 0 Å². The lowest BCUT2D eigenvalue weighted by Crippen LogP contribution is -2.48. The molecule has 0 fully saturated rings. The summed E-state index contributed by atoms with van der Waals surface area (Å²) in [6.45, 7) is 0.123. The van der Waals surface area contributed by atoms with Crippen molar-refractivity contribution in [3.8, 4) is 12.3 Å². The number of nitrogens with zero attached hydrogens (tertiary/aromatic N) is 3. The minimum absolute atomic E-state index is 0.00130. The van der Waals surface area contributed by atoms with Gasteiger partial charge in [0.1, 0.15) is 17.8 Å². The highest BCUT2D eigenvalue weighted by Crippen LogP contribution is 2.24. The van der Waals surface area contributed by atoms with E-state index in [1.54, 1.807) is 23.1 Å². The summed E-state index contributed by atoms with van der Waals surface area (Å²) in [5.41, 5.74) is 11.5. The second kappa shape index (κ2) is 14.8. The Balaban J connectivity index is 1.84. The van der Waals surface area contributed by atoms with Crippen LogP contribution in [0.3, 0.4) is 0 Å². The number of anilines is 2. The van der Waals surface area contributed by atoms with E-state index in [2.05, 4.69) is 15.9 Å². The predicted octanol–water partition coefficient (Wildman–Crippen LogP) is 0.662. The fourth-order valence-corrected chi connectivity index (χ4v) is 4.74. The highest BCUT2D eigenvalue weighted by atomic mass is 19.1. The number of carbonyl (C=O) groups is 5. The molecule has 0 radical (unpaired) electrons. The maximum Gasteiger partial charge on any atom is 0.326 e. The molecule has 15 nitrogen and oxygen atoms in total. The van der Waals surface area contributed by atoms with Crippen LogP contribution in [-0.2, 0) is 25.7 Å². The number of terminal acetylenes is 1. The lowest BCUT2D eigenvalue weighted by atomic mass is 9.89.